The van der Waals surface area contributed by atoms with Crippen LogP contribution in [0.4, 0.5) is 0 Å². The molecule has 3 rings (SSSR count). The van der Waals surface area contributed by atoms with Gasteiger partial charge in [-0.25, -0.2) is 0 Å². The Labute approximate surface area is 158 Å². The number of rotatable bonds is 7. The molecule has 0 radical (unpaired) electrons. The number of thioether (sulfide) groups is 1. The minimum absolute atomic E-state index is 0.0920. The van der Waals surface area contributed by atoms with E-state index >= 15 is 0 Å². The molecule has 2 aliphatic rings. The van der Waals surface area contributed by atoms with Crippen molar-refractivity contribution in [3.63, 3.8) is 0 Å². The van der Waals surface area contributed by atoms with Crippen molar-refractivity contribution in [2.45, 2.75) is 24.6 Å². The van der Waals surface area contributed by atoms with Crippen molar-refractivity contribution in [3.8, 4) is 11.5 Å². The van der Waals surface area contributed by atoms with Crippen LogP contribution in [0.15, 0.2) is 18.2 Å². The molecule has 1 saturated carbocycles. The van der Waals surface area contributed by atoms with Gasteiger partial charge in [0, 0.05) is 31.6 Å². The molecule has 0 spiro atoms. The first-order chi connectivity index (χ1) is 12.5. The third-order valence-electron chi connectivity index (χ3n) is 5.18. The Morgan fingerprint density at radius 1 is 1.31 bits per heavy atom. The Hall–Kier alpha value is -1.89. The highest BCUT2D eigenvalue weighted by Gasteiger charge is 2.35. The fraction of sp³-hybridized carbons (Fsp3) is 0.579. The van der Waals surface area contributed by atoms with Gasteiger partial charge in [0.15, 0.2) is 0 Å². The number of ether oxygens (including phenoxy) is 2. The largest absolute Gasteiger partial charge is 0.497 e. The van der Waals surface area contributed by atoms with Gasteiger partial charge in [0.25, 0.3) is 0 Å². The number of carbonyl (C=O) groups is 2. The fourth-order valence-corrected chi connectivity index (χ4v) is 4.55. The molecule has 0 bridgehead atoms. The maximum Gasteiger partial charge on any atom is 0.233 e. The van der Waals surface area contributed by atoms with Gasteiger partial charge in [0.05, 0.1) is 20.0 Å². The molecular formula is C19H26N2O4S. The SMILES string of the molecule is COc1ccc(OC)c([C@H]2SCC(=O)N2CCN(C)C(=O)C2CCC2)c1. The van der Waals surface area contributed by atoms with Gasteiger partial charge in [-0.1, -0.05) is 6.42 Å². The first-order valence-electron chi connectivity index (χ1n) is 8.93. The number of likely N-dealkylation sites (N-methyl/N-ethyl adjacent to an activating group) is 1. The number of methoxy groups -OCH3 is 2. The number of carbonyl (C=O) groups excluding carboxylic acids is 2. The number of benzene rings is 1. The molecule has 1 aliphatic carbocycles. The number of nitrogens with zero attached hydrogens (tertiary/aromatic N) is 2. The van der Waals surface area contributed by atoms with Crippen molar-refractivity contribution < 1.29 is 19.1 Å². The van der Waals surface area contributed by atoms with Crippen LogP contribution in [0.1, 0.15) is 30.2 Å². The molecule has 1 atom stereocenters. The summed E-state index contributed by atoms with van der Waals surface area (Å²) >= 11 is 1.58. The molecule has 0 N–H and O–H groups in total. The average molecular weight is 378 g/mol. The van der Waals surface area contributed by atoms with E-state index in [4.69, 9.17) is 9.47 Å². The van der Waals surface area contributed by atoms with Gasteiger partial charge >= 0.3 is 0 Å². The summed E-state index contributed by atoms with van der Waals surface area (Å²) in [4.78, 5) is 28.4. The van der Waals surface area contributed by atoms with Crippen molar-refractivity contribution in [3.05, 3.63) is 23.8 Å². The van der Waals surface area contributed by atoms with Gasteiger partial charge in [-0.05, 0) is 31.0 Å². The minimum atomic E-state index is -0.125. The molecule has 1 aromatic carbocycles. The Morgan fingerprint density at radius 3 is 2.69 bits per heavy atom. The summed E-state index contributed by atoms with van der Waals surface area (Å²) in [5.74, 6) is 2.38. The Bertz CT molecular complexity index is 678. The maximum atomic E-state index is 12.4. The van der Waals surface area contributed by atoms with Gasteiger partial charge in [-0.2, -0.15) is 0 Å². The highest BCUT2D eigenvalue weighted by Crippen LogP contribution is 2.43. The number of hydrogen-bond acceptors (Lipinski definition) is 5. The minimum Gasteiger partial charge on any atom is -0.497 e. The van der Waals surface area contributed by atoms with E-state index in [0.717, 1.165) is 36.3 Å². The molecule has 1 saturated heterocycles. The Kier molecular flexibility index (Phi) is 5.96. The summed E-state index contributed by atoms with van der Waals surface area (Å²) in [5, 5.41) is -0.125. The van der Waals surface area contributed by atoms with E-state index in [0.29, 0.717) is 18.8 Å². The molecule has 1 aliphatic heterocycles. The smallest absolute Gasteiger partial charge is 0.233 e. The van der Waals surface area contributed by atoms with Crippen LogP contribution >= 0.6 is 11.8 Å². The van der Waals surface area contributed by atoms with Gasteiger partial charge in [-0.15, -0.1) is 11.8 Å². The van der Waals surface area contributed by atoms with E-state index in [1.54, 1.807) is 30.9 Å². The topological polar surface area (TPSA) is 59.1 Å². The van der Waals surface area contributed by atoms with E-state index in [2.05, 4.69) is 0 Å². The fourth-order valence-electron chi connectivity index (χ4n) is 3.32. The van der Waals surface area contributed by atoms with Crippen molar-refractivity contribution in [1.29, 1.82) is 0 Å². The number of hydrogen-bond donors (Lipinski definition) is 0. The van der Waals surface area contributed by atoms with E-state index in [1.165, 1.54) is 0 Å². The van der Waals surface area contributed by atoms with Crippen LogP contribution in [-0.2, 0) is 9.59 Å². The lowest BCUT2D eigenvalue weighted by Crippen LogP contribution is -2.41. The highest BCUT2D eigenvalue weighted by molar-refractivity contribution is 8.00. The average Bonchev–Trinajstić information content (AvgIpc) is 2.97. The van der Waals surface area contributed by atoms with Gasteiger partial charge in [-0.3, -0.25) is 9.59 Å². The lowest BCUT2D eigenvalue weighted by atomic mass is 9.84. The summed E-state index contributed by atoms with van der Waals surface area (Å²) in [7, 11) is 5.08. The van der Waals surface area contributed by atoms with E-state index < -0.39 is 0 Å². The van der Waals surface area contributed by atoms with Crippen LogP contribution in [0, 0.1) is 5.92 Å². The highest BCUT2D eigenvalue weighted by atomic mass is 32.2. The van der Waals surface area contributed by atoms with Gasteiger partial charge in [0.2, 0.25) is 11.8 Å². The summed E-state index contributed by atoms with van der Waals surface area (Å²) in [6.07, 6.45) is 3.12. The predicted molar refractivity (Wildman–Crippen MR) is 101 cm³/mol. The zero-order valence-electron chi connectivity index (χ0n) is 15.6. The molecule has 2 amide bonds. The second-order valence-corrected chi connectivity index (χ2v) is 7.81. The first-order valence-corrected chi connectivity index (χ1v) is 9.98. The Balaban J connectivity index is 1.71. The monoisotopic (exact) mass is 378 g/mol. The van der Waals surface area contributed by atoms with Crippen LogP contribution in [0.5, 0.6) is 11.5 Å². The van der Waals surface area contributed by atoms with Crippen LogP contribution < -0.4 is 9.47 Å². The Morgan fingerprint density at radius 2 is 2.08 bits per heavy atom. The molecule has 0 aromatic heterocycles. The second kappa shape index (κ2) is 8.20. The van der Waals surface area contributed by atoms with Crippen LogP contribution in [0.3, 0.4) is 0 Å². The molecule has 7 heteroatoms. The van der Waals surface area contributed by atoms with Crippen LogP contribution in [0.25, 0.3) is 0 Å². The quantitative estimate of drug-likeness (QED) is 0.730. The number of amides is 2. The zero-order chi connectivity index (χ0) is 18.7. The van der Waals surface area contributed by atoms with E-state index in [1.807, 2.05) is 30.1 Å². The first kappa shape index (κ1) is 18.9. The zero-order valence-corrected chi connectivity index (χ0v) is 16.4. The van der Waals surface area contributed by atoms with Gasteiger partial charge < -0.3 is 19.3 Å². The van der Waals surface area contributed by atoms with Crippen LogP contribution in [0.2, 0.25) is 0 Å². The lowest BCUT2D eigenvalue weighted by molar-refractivity contribution is -0.138. The molecule has 6 nitrogen and oxygen atoms in total. The summed E-state index contributed by atoms with van der Waals surface area (Å²) in [6, 6.07) is 5.63. The molecule has 1 heterocycles. The normalized spacial score (nSPS) is 20.0. The van der Waals surface area contributed by atoms with Crippen molar-refractivity contribution in [2.75, 3.05) is 40.1 Å². The van der Waals surface area contributed by atoms with Crippen molar-refractivity contribution in [2.24, 2.45) is 5.92 Å². The molecule has 1 aromatic rings. The third kappa shape index (κ3) is 3.77. The molecular weight excluding hydrogens is 352 g/mol. The van der Waals surface area contributed by atoms with Crippen LogP contribution in [-0.4, -0.2) is 61.7 Å². The summed E-state index contributed by atoms with van der Waals surface area (Å²) in [6.45, 7) is 1.07. The molecule has 142 valence electrons. The van der Waals surface area contributed by atoms with Crippen molar-refractivity contribution in [1.82, 2.24) is 9.80 Å². The summed E-state index contributed by atoms with van der Waals surface area (Å²) < 4.78 is 10.8. The molecule has 26 heavy (non-hydrogen) atoms. The predicted octanol–water partition coefficient (Wildman–Crippen LogP) is 2.54. The van der Waals surface area contributed by atoms with E-state index in [-0.39, 0.29) is 23.1 Å². The summed E-state index contributed by atoms with van der Waals surface area (Å²) in [5.41, 5.74) is 0.927. The third-order valence-corrected chi connectivity index (χ3v) is 6.42. The second-order valence-electron chi connectivity index (χ2n) is 6.75. The lowest BCUT2D eigenvalue weighted by Gasteiger charge is -2.31. The molecule has 2 fully saturated rings. The van der Waals surface area contributed by atoms with Crippen molar-refractivity contribution >= 4 is 23.6 Å². The van der Waals surface area contributed by atoms with Gasteiger partial charge in [0.1, 0.15) is 16.9 Å². The maximum absolute atomic E-state index is 12.4. The molecule has 0 unspecified atom stereocenters. The van der Waals surface area contributed by atoms with E-state index in [9.17, 15) is 9.59 Å². The standard InChI is InChI=1S/C19H26N2O4S/c1-20(18(23)13-5-4-6-13)9-10-21-17(22)12-26-19(21)15-11-14(24-2)7-8-16(15)25-3/h7-8,11,13,19H,4-6,9-10,12H2,1-3H3/t19-/m1/s1.